The van der Waals surface area contributed by atoms with E-state index in [0.29, 0.717) is 17.9 Å². The zero-order valence-electron chi connectivity index (χ0n) is 21.4. The second-order valence-electron chi connectivity index (χ2n) is 9.29. The molecule has 0 saturated heterocycles. The Morgan fingerprint density at radius 3 is 2.08 bits per heavy atom. The number of carbonyl (C=O) groups excluding carboxylic acids is 1. The van der Waals surface area contributed by atoms with E-state index in [1.165, 1.54) is 38.0 Å². The molecule has 1 unspecified atom stereocenters. The maximum absolute atomic E-state index is 13.7. The molecule has 0 aliphatic carbocycles. The second-order valence-corrected chi connectivity index (χ2v) is 11.1. The van der Waals surface area contributed by atoms with E-state index in [1.54, 1.807) is 30.3 Å². The molecule has 0 aromatic heterocycles. The van der Waals surface area contributed by atoms with Crippen molar-refractivity contribution < 1.29 is 22.7 Å². The Balaban J connectivity index is 1.83. The first-order chi connectivity index (χ1) is 17.1. The number of para-hydroxylation sites is 1. The van der Waals surface area contributed by atoms with Crippen molar-refractivity contribution in [3.8, 4) is 11.5 Å². The average Bonchev–Trinajstić information content (AvgIpc) is 2.87. The standard InChI is InChI=1S/C28H34N2O5S/c1-21(19-28(2,3)22-12-8-6-9-13-22)29-27(31)20-30(23-14-10-7-11-15-23)36(32,33)24-16-17-25(34-4)26(18-24)35-5/h6-18,21H,19-20H2,1-5H3,(H,29,31). The smallest absolute Gasteiger partial charge is 0.264 e. The monoisotopic (exact) mass is 510 g/mol. The molecular formula is C28H34N2O5S. The molecule has 3 rings (SSSR count). The fraction of sp³-hybridized carbons (Fsp3) is 0.321. The Kier molecular flexibility index (Phi) is 8.63. The number of sulfonamides is 1. The summed E-state index contributed by atoms with van der Waals surface area (Å²) < 4.78 is 39.0. The van der Waals surface area contributed by atoms with Crippen LogP contribution in [0.5, 0.6) is 11.5 Å². The highest BCUT2D eigenvalue weighted by Crippen LogP contribution is 2.32. The van der Waals surface area contributed by atoms with E-state index >= 15 is 0 Å². The largest absolute Gasteiger partial charge is 0.493 e. The summed E-state index contributed by atoms with van der Waals surface area (Å²) in [6.45, 7) is 5.82. The van der Waals surface area contributed by atoms with Crippen molar-refractivity contribution in [2.24, 2.45) is 0 Å². The van der Waals surface area contributed by atoms with Gasteiger partial charge in [-0.15, -0.1) is 0 Å². The Morgan fingerprint density at radius 2 is 1.50 bits per heavy atom. The fourth-order valence-electron chi connectivity index (χ4n) is 4.29. The van der Waals surface area contributed by atoms with Crippen molar-refractivity contribution in [3.63, 3.8) is 0 Å². The van der Waals surface area contributed by atoms with Crippen LogP contribution in [0.15, 0.2) is 83.8 Å². The van der Waals surface area contributed by atoms with Crippen LogP contribution in [0.2, 0.25) is 0 Å². The molecule has 192 valence electrons. The number of nitrogens with zero attached hydrogens (tertiary/aromatic N) is 1. The number of nitrogens with one attached hydrogen (secondary N) is 1. The zero-order valence-corrected chi connectivity index (χ0v) is 22.2. The highest BCUT2D eigenvalue weighted by molar-refractivity contribution is 7.92. The van der Waals surface area contributed by atoms with Crippen molar-refractivity contribution in [2.75, 3.05) is 25.1 Å². The van der Waals surface area contributed by atoms with E-state index in [0.717, 1.165) is 4.31 Å². The highest BCUT2D eigenvalue weighted by Gasteiger charge is 2.30. The number of anilines is 1. The zero-order chi connectivity index (χ0) is 26.3. The lowest BCUT2D eigenvalue weighted by Gasteiger charge is -2.30. The summed E-state index contributed by atoms with van der Waals surface area (Å²) in [5.74, 6) is 0.308. The first kappa shape index (κ1) is 27.1. The maximum atomic E-state index is 13.7. The van der Waals surface area contributed by atoms with Gasteiger partial charge in [0.1, 0.15) is 6.54 Å². The number of ether oxygens (including phenoxy) is 2. The Morgan fingerprint density at radius 1 is 0.917 bits per heavy atom. The predicted molar refractivity (Wildman–Crippen MR) is 142 cm³/mol. The molecular weight excluding hydrogens is 476 g/mol. The van der Waals surface area contributed by atoms with Crippen LogP contribution in [-0.2, 0) is 20.2 Å². The van der Waals surface area contributed by atoms with Gasteiger partial charge in [-0.2, -0.15) is 0 Å². The third-order valence-corrected chi connectivity index (χ3v) is 7.82. The molecule has 3 aromatic carbocycles. The summed E-state index contributed by atoms with van der Waals surface area (Å²) in [5.41, 5.74) is 1.39. The van der Waals surface area contributed by atoms with Gasteiger partial charge in [-0.3, -0.25) is 9.10 Å². The molecule has 0 heterocycles. The third-order valence-electron chi connectivity index (χ3n) is 6.05. The Bertz CT molecular complexity index is 1260. The molecule has 7 nitrogen and oxygen atoms in total. The minimum Gasteiger partial charge on any atom is -0.493 e. The van der Waals surface area contributed by atoms with Crippen LogP contribution in [0.4, 0.5) is 5.69 Å². The lowest BCUT2D eigenvalue weighted by Crippen LogP contribution is -2.45. The van der Waals surface area contributed by atoms with Gasteiger partial charge in [-0.25, -0.2) is 8.42 Å². The van der Waals surface area contributed by atoms with Crippen LogP contribution < -0.4 is 19.1 Å². The fourth-order valence-corrected chi connectivity index (χ4v) is 5.73. The van der Waals surface area contributed by atoms with Gasteiger partial charge in [0.2, 0.25) is 5.91 Å². The first-order valence-corrected chi connectivity index (χ1v) is 13.2. The molecule has 3 aromatic rings. The normalized spacial score (nSPS) is 12.5. The third kappa shape index (κ3) is 6.37. The number of hydrogen-bond donors (Lipinski definition) is 1. The van der Waals surface area contributed by atoms with Crippen molar-refractivity contribution in [1.82, 2.24) is 5.32 Å². The van der Waals surface area contributed by atoms with Gasteiger partial charge < -0.3 is 14.8 Å². The van der Waals surface area contributed by atoms with E-state index < -0.39 is 10.0 Å². The molecule has 0 bridgehead atoms. The van der Waals surface area contributed by atoms with Gasteiger partial charge >= 0.3 is 0 Å². The topological polar surface area (TPSA) is 84.9 Å². The van der Waals surface area contributed by atoms with Crippen LogP contribution in [0.1, 0.15) is 32.8 Å². The lowest BCUT2D eigenvalue weighted by molar-refractivity contribution is -0.120. The number of amides is 1. The van der Waals surface area contributed by atoms with E-state index in [-0.39, 0.29) is 34.6 Å². The van der Waals surface area contributed by atoms with E-state index in [9.17, 15) is 13.2 Å². The molecule has 36 heavy (non-hydrogen) atoms. The summed E-state index contributed by atoms with van der Waals surface area (Å²) in [5, 5.41) is 2.98. The number of methoxy groups -OCH3 is 2. The Labute approximate surface area is 214 Å². The molecule has 0 fully saturated rings. The molecule has 0 saturated carbocycles. The van der Waals surface area contributed by atoms with Crippen molar-refractivity contribution in [3.05, 3.63) is 84.4 Å². The summed E-state index contributed by atoms with van der Waals surface area (Å²) in [6, 6.07) is 22.9. The molecule has 1 amide bonds. The number of hydrogen-bond acceptors (Lipinski definition) is 5. The van der Waals surface area contributed by atoms with Gasteiger partial charge in [0.15, 0.2) is 11.5 Å². The minimum absolute atomic E-state index is 0.00457. The van der Waals surface area contributed by atoms with Crippen LogP contribution in [-0.4, -0.2) is 41.1 Å². The summed E-state index contributed by atoms with van der Waals surface area (Å²) >= 11 is 0. The molecule has 1 N–H and O–H groups in total. The maximum Gasteiger partial charge on any atom is 0.264 e. The van der Waals surface area contributed by atoms with Crippen LogP contribution in [0.25, 0.3) is 0 Å². The van der Waals surface area contributed by atoms with Crippen molar-refractivity contribution in [1.29, 1.82) is 0 Å². The summed E-state index contributed by atoms with van der Waals surface area (Å²) in [4.78, 5) is 13.1. The van der Waals surface area contributed by atoms with E-state index in [2.05, 4.69) is 31.3 Å². The summed E-state index contributed by atoms with van der Waals surface area (Å²) in [6.07, 6.45) is 0.691. The molecule has 0 spiro atoms. The lowest BCUT2D eigenvalue weighted by atomic mass is 9.79. The highest BCUT2D eigenvalue weighted by atomic mass is 32.2. The molecule has 0 aliphatic rings. The van der Waals surface area contributed by atoms with Gasteiger partial charge in [-0.1, -0.05) is 62.4 Å². The molecule has 0 aliphatic heterocycles. The van der Waals surface area contributed by atoms with Crippen LogP contribution >= 0.6 is 0 Å². The van der Waals surface area contributed by atoms with Crippen molar-refractivity contribution >= 4 is 21.6 Å². The van der Waals surface area contributed by atoms with Crippen molar-refractivity contribution in [2.45, 2.75) is 43.5 Å². The average molecular weight is 511 g/mol. The van der Waals surface area contributed by atoms with Crippen LogP contribution in [0, 0.1) is 0 Å². The number of rotatable bonds is 11. The first-order valence-electron chi connectivity index (χ1n) is 11.7. The quantitative estimate of drug-likeness (QED) is 0.402. The SMILES string of the molecule is COc1ccc(S(=O)(=O)N(CC(=O)NC(C)CC(C)(C)c2ccccc2)c2ccccc2)cc1OC. The number of benzene rings is 3. The number of carbonyl (C=O) groups is 1. The molecule has 8 heteroatoms. The Hall–Kier alpha value is -3.52. The second kappa shape index (κ2) is 11.5. The van der Waals surface area contributed by atoms with E-state index in [1.807, 2.05) is 25.1 Å². The van der Waals surface area contributed by atoms with Gasteiger partial charge in [-0.05, 0) is 48.6 Å². The summed E-state index contributed by atoms with van der Waals surface area (Å²) in [7, 11) is -1.17. The van der Waals surface area contributed by atoms with E-state index in [4.69, 9.17) is 9.47 Å². The molecule has 1 atom stereocenters. The van der Waals surface area contributed by atoms with Gasteiger partial charge in [0.05, 0.1) is 24.8 Å². The molecule has 0 radical (unpaired) electrons. The van der Waals surface area contributed by atoms with Gasteiger partial charge in [0.25, 0.3) is 10.0 Å². The van der Waals surface area contributed by atoms with Gasteiger partial charge in [0, 0.05) is 12.1 Å². The minimum atomic E-state index is -4.08. The van der Waals surface area contributed by atoms with Crippen LogP contribution in [0.3, 0.4) is 0 Å². The predicted octanol–water partition coefficient (Wildman–Crippen LogP) is 4.77.